The number of ether oxygens (including phenoxy) is 2. The molecule has 1 amide bonds. The van der Waals surface area contributed by atoms with E-state index in [0.717, 1.165) is 0 Å². The van der Waals surface area contributed by atoms with Crippen LogP contribution in [0.15, 0.2) is 65.1 Å². The predicted octanol–water partition coefficient (Wildman–Crippen LogP) is 5.59. The van der Waals surface area contributed by atoms with Crippen molar-refractivity contribution in [1.82, 2.24) is 0 Å². The molecule has 0 aliphatic rings. The molecule has 0 bridgehead atoms. The molecule has 34 heavy (non-hydrogen) atoms. The molecule has 172 valence electrons. The van der Waals surface area contributed by atoms with E-state index < -0.39 is 23.3 Å². The van der Waals surface area contributed by atoms with E-state index in [1.54, 1.807) is 24.3 Å². The van der Waals surface area contributed by atoms with Crippen LogP contribution in [0.1, 0.15) is 11.1 Å². The molecule has 0 aliphatic heterocycles. The number of methoxy groups -OCH3 is 1. The predicted molar refractivity (Wildman–Crippen MR) is 128 cm³/mol. The Morgan fingerprint density at radius 1 is 1.24 bits per heavy atom. The van der Waals surface area contributed by atoms with E-state index >= 15 is 0 Å². The Labute approximate surface area is 202 Å². The second-order valence-electron chi connectivity index (χ2n) is 6.82. The summed E-state index contributed by atoms with van der Waals surface area (Å²) < 4.78 is 25.1. The summed E-state index contributed by atoms with van der Waals surface area (Å²) in [6, 6.07) is 16.7. The third-order valence-corrected chi connectivity index (χ3v) is 5.16. The number of anilines is 1. The van der Waals surface area contributed by atoms with Gasteiger partial charge in [-0.15, -0.1) is 0 Å². The average Bonchev–Trinajstić information content (AvgIpc) is 2.83. The molecule has 0 atom stereocenters. The molecule has 0 saturated carbocycles. The Kier molecular flexibility index (Phi) is 7.95. The van der Waals surface area contributed by atoms with Gasteiger partial charge in [0, 0.05) is 12.1 Å². The van der Waals surface area contributed by atoms with Crippen LogP contribution in [0.2, 0.25) is 0 Å². The summed E-state index contributed by atoms with van der Waals surface area (Å²) in [7, 11) is 1.42. The van der Waals surface area contributed by atoms with Gasteiger partial charge in [-0.25, -0.2) is 4.39 Å². The smallest absolute Gasteiger partial charge is 0.269 e. The SMILES string of the molecule is COc1cc(/C=C(\C#N)c2ccc([N+](=O)[O-])cc2)cc(Br)c1OCC(=O)Nc1ccccc1F. The molecule has 10 heteroatoms. The number of amides is 1. The molecule has 1 N–H and O–H groups in total. The van der Waals surface area contributed by atoms with Crippen LogP contribution in [-0.2, 0) is 4.79 Å². The maximum absolute atomic E-state index is 13.7. The topological polar surface area (TPSA) is 114 Å². The molecular weight excluding hydrogens is 509 g/mol. The normalized spacial score (nSPS) is 10.8. The van der Waals surface area contributed by atoms with E-state index in [9.17, 15) is 24.6 Å². The van der Waals surface area contributed by atoms with Crippen LogP contribution in [-0.4, -0.2) is 24.5 Å². The second-order valence-corrected chi connectivity index (χ2v) is 7.68. The van der Waals surface area contributed by atoms with E-state index in [-0.39, 0.29) is 22.7 Å². The number of rotatable bonds is 8. The molecule has 0 aliphatic carbocycles. The van der Waals surface area contributed by atoms with Gasteiger partial charge in [-0.05, 0) is 69.5 Å². The summed E-state index contributed by atoms with van der Waals surface area (Å²) in [5.41, 5.74) is 1.33. The first-order valence-corrected chi connectivity index (χ1v) is 10.5. The molecule has 0 heterocycles. The van der Waals surface area contributed by atoms with Crippen LogP contribution in [0.3, 0.4) is 0 Å². The minimum Gasteiger partial charge on any atom is -0.493 e. The van der Waals surface area contributed by atoms with Gasteiger partial charge >= 0.3 is 0 Å². The number of benzene rings is 3. The van der Waals surface area contributed by atoms with Crippen LogP contribution < -0.4 is 14.8 Å². The van der Waals surface area contributed by atoms with Crippen LogP contribution in [0.4, 0.5) is 15.8 Å². The largest absolute Gasteiger partial charge is 0.493 e. The molecule has 3 aromatic carbocycles. The van der Waals surface area contributed by atoms with Gasteiger partial charge in [0.25, 0.3) is 11.6 Å². The van der Waals surface area contributed by atoms with Gasteiger partial charge in [0.1, 0.15) is 5.82 Å². The zero-order valence-electron chi connectivity index (χ0n) is 17.7. The highest BCUT2D eigenvalue weighted by Gasteiger charge is 2.15. The van der Waals surface area contributed by atoms with Crippen molar-refractivity contribution >= 4 is 44.9 Å². The maximum Gasteiger partial charge on any atom is 0.269 e. The Morgan fingerprint density at radius 2 is 1.94 bits per heavy atom. The monoisotopic (exact) mass is 525 g/mol. The summed E-state index contributed by atoms with van der Waals surface area (Å²) in [4.78, 5) is 22.5. The van der Waals surface area contributed by atoms with Gasteiger partial charge in [0.05, 0.1) is 33.8 Å². The van der Waals surface area contributed by atoms with E-state index in [1.807, 2.05) is 0 Å². The minimum atomic E-state index is -0.563. The summed E-state index contributed by atoms with van der Waals surface area (Å²) in [6.07, 6.45) is 1.59. The van der Waals surface area contributed by atoms with Crippen molar-refractivity contribution in [2.75, 3.05) is 19.0 Å². The summed E-state index contributed by atoms with van der Waals surface area (Å²) in [5, 5.41) is 22.8. The molecule has 8 nitrogen and oxygen atoms in total. The number of halogens is 2. The first-order valence-electron chi connectivity index (χ1n) is 9.73. The van der Waals surface area contributed by atoms with Crippen molar-refractivity contribution in [3.63, 3.8) is 0 Å². The molecule has 0 radical (unpaired) electrons. The summed E-state index contributed by atoms with van der Waals surface area (Å²) >= 11 is 3.38. The molecule has 0 unspecified atom stereocenters. The average molecular weight is 526 g/mol. The third kappa shape index (κ3) is 5.96. The number of allylic oxidation sites excluding steroid dienone is 1. The lowest BCUT2D eigenvalue weighted by molar-refractivity contribution is -0.384. The lowest BCUT2D eigenvalue weighted by Crippen LogP contribution is -2.21. The maximum atomic E-state index is 13.7. The standard InChI is InChI=1S/C24H17BrFN3O5/c1-33-22-12-15(10-17(13-27)16-6-8-18(9-7-16)29(31)32)11-19(25)24(22)34-14-23(30)28-21-5-3-2-4-20(21)26/h2-12H,14H2,1H3,(H,28,30)/b17-10+. The zero-order chi connectivity index (χ0) is 24.7. The Morgan fingerprint density at radius 3 is 2.56 bits per heavy atom. The van der Waals surface area contributed by atoms with E-state index in [0.29, 0.717) is 21.3 Å². The number of nitro groups is 1. The Balaban J connectivity index is 1.79. The summed E-state index contributed by atoms with van der Waals surface area (Å²) in [6.45, 7) is -0.398. The molecule has 0 saturated heterocycles. The highest BCUT2D eigenvalue weighted by molar-refractivity contribution is 9.10. The number of hydrogen-bond acceptors (Lipinski definition) is 6. The van der Waals surface area contributed by atoms with E-state index in [2.05, 4.69) is 27.3 Å². The van der Waals surface area contributed by atoms with Gasteiger partial charge < -0.3 is 14.8 Å². The lowest BCUT2D eigenvalue weighted by Gasteiger charge is -2.14. The lowest BCUT2D eigenvalue weighted by atomic mass is 10.0. The fraction of sp³-hybridized carbons (Fsp3) is 0.0833. The van der Waals surface area contributed by atoms with Gasteiger partial charge in [0.15, 0.2) is 18.1 Å². The van der Waals surface area contributed by atoms with Crippen molar-refractivity contribution in [1.29, 1.82) is 5.26 Å². The number of para-hydroxylation sites is 1. The number of carbonyl (C=O) groups is 1. The molecule has 3 aromatic rings. The number of nitro benzene ring substituents is 1. The Hall–Kier alpha value is -4.23. The molecular formula is C24H17BrFN3O5. The van der Waals surface area contributed by atoms with Gasteiger partial charge in [-0.2, -0.15) is 5.26 Å². The minimum absolute atomic E-state index is 0.0397. The first kappa shape index (κ1) is 24.4. The third-order valence-electron chi connectivity index (χ3n) is 4.57. The van der Waals surface area contributed by atoms with E-state index in [4.69, 9.17) is 9.47 Å². The Bertz CT molecular complexity index is 1300. The van der Waals surface area contributed by atoms with Crippen LogP contribution in [0, 0.1) is 27.3 Å². The van der Waals surface area contributed by atoms with Crippen molar-refractivity contribution in [2.24, 2.45) is 0 Å². The number of hydrogen-bond donors (Lipinski definition) is 1. The molecule has 0 fully saturated rings. The van der Waals surface area contributed by atoms with Gasteiger partial charge in [-0.3, -0.25) is 14.9 Å². The number of nitrogens with zero attached hydrogens (tertiary/aromatic N) is 2. The summed E-state index contributed by atoms with van der Waals surface area (Å²) in [5.74, 6) is -0.586. The fourth-order valence-electron chi connectivity index (χ4n) is 2.96. The first-order chi connectivity index (χ1) is 16.3. The van der Waals surface area contributed by atoms with E-state index in [1.165, 1.54) is 49.6 Å². The van der Waals surface area contributed by atoms with Crippen molar-refractivity contribution in [2.45, 2.75) is 0 Å². The molecule has 3 rings (SSSR count). The van der Waals surface area contributed by atoms with Gasteiger partial charge in [-0.1, -0.05) is 12.1 Å². The van der Waals surface area contributed by atoms with Crippen molar-refractivity contribution in [3.8, 4) is 17.6 Å². The molecule has 0 spiro atoms. The highest BCUT2D eigenvalue weighted by atomic mass is 79.9. The zero-order valence-corrected chi connectivity index (χ0v) is 19.3. The van der Waals surface area contributed by atoms with Crippen LogP contribution >= 0.6 is 15.9 Å². The highest BCUT2D eigenvalue weighted by Crippen LogP contribution is 2.37. The quantitative estimate of drug-likeness (QED) is 0.177. The van der Waals surface area contributed by atoms with Crippen molar-refractivity contribution in [3.05, 3.63) is 92.2 Å². The van der Waals surface area contributed by atoms with Crippen molar-refractivity contribution < 1.29 is 23.6 Å². The fourth-order valence-corrected chi connectivity index (χ4v) is 3.53. The van der Waals surface area contributed by atoms with Gasteiger partial charge in [0.2, 0.25) is 0 Å². The number of carbonyl (C=O) groups excluding carboxylic acids is 1. The molecule has 0 aromatic heterocycles. The number of nitrogens with one attached hydrogen (secondary N) is 1. The second kappa shape index (κ2) is 11.1. The van der Waals surface area contributed by atoms with Crippen LogP contribution in [0.25, 0.3) is 11.6 Å². The number of non-ortho nitro benzene ring substituents is 1. The number of nitriles is 1. The van der Waals surface area contributed by atoms with Crippen LogP contribution in [0.5, 0.6) is 11.5 Å².